The minimum atomic E-state index is -3.61. The lowest BCUT2D eigenvalue weighted by Gasteiger charge is -2.51. The van der Waals surface area contributed by atoms with Gasteiger partial charge < -0.3 is 32.2 Å². The van der Waals surface area contributed by atoms with Crippen molar-refractivity contribution in [2.45, 2.75) is 98.2 Å². The van der Waals surface area contributed by atoms with Crippen LogP contribution in [0.15, 0.2) is 0 Å². The van der Waals surface area contributed by atoms with Crippen LogP contribution in [0.3, 0.4) is 0 Å². The van der Waals surface area contributed by atoms with E-state index in [2.05, 4.69) is 41.5 Å². The van der Waals surface area contributed by atoms with Crippen LogP contribution in [0.2, 0.25) is 0 Å². The van der Waals surface area contributed by atoms with Gasteiger partial charge in [0.25, 0.3) is 5.41 Å². The molecule has 0 aliphatic rings. The molecular formula is C22H48O7Si. The van der Waals surface area contributed by atoms with E-state index in [0.29, 0.717) is 39.6 Å². The highest BCUT2D eigenvalue weighted by atomic mass is 28.4. The Bertz CT molecular complexity index is 381. The van der Waals surface area contributed by atoms with Gasteiger partial charge in [-0.1, -0.05) is 41.5 Å². The van der Waals surface area contributed by atoms with E-state index in [1.807, 2.05) is 6.92 Å². The van der Waals surface area contributed by atoms with Crippen LogP contribution in [0, 0.1) is 0 Å². The lowest BCUT2D eigenvalue weighted by molar-refractivity contribution is -0.382. The van der Waals surface area contributed by atoms with Crippen molar-refractivity contribution >= 4 is 8.80 Å². The first kappa shape index (κ1) is 29.9. The SMILES string of the molecule is CCCOC(C)(OC)C(OCCC)(OCCC)[Si](OCCC)(OCCC)OCCC. The molecule has 1 atom stereocenters. The molecule has 0 amide bonds. The zero-order chi connectivity index (χ0) is 22.9. The Hall–Kier alpha value is -0.0631. The lowest BCUT2D eigenvalue weighted by Crippen LogP contribution is -2.77. The number of hydrogen-bond acceptors (Lipinski definition) is 7. The molecule has 30 heavy (non-hydrogen) atoms. The maximum atomic E-state index is 6.51. The highest BCUT2D eigenvalue weighted by Gasteiger charge is 2.74. The predicted octanol–water partition coefficient (Wildman–Crippen LogP) is 5.08. The number of ether oxygens (including phenoxy) is 4. The first-order valence-electron chi connectivity index (χ1n) is 11.8. The summed E-state index contributed by atoms with van der Waals surface area (Å²) in [5.41, 5.74) is -1.45. The average molecular weight is 453 g/mol. The number of hydrogen-bond donors (Lipinski definition) is 0. The topological polar surface area (TPSA) is 64.6 Å². The lowest BCUT2D eigenvalue weighted by atomic mass is 10.3. The molecule has 0 bridgehead atoms. The molecule has 0 saturated carbocycles. The summed E-state index contributed by atoms with van der Waals surface area (Å²) in [6.07, 6.45) is 4.87. The van der Waals surface area contributed by atoms with Crippen LogP contribution in [-0.4, -0.2) is 66.8 Å². The summed E-state index contributed by atoms with van der Waals surface area (Å²) in [5.74, 6) is -1.27. The second kappa shape index (κ2) is 16.6. The molecule has 0 fully saturated rings. The van der Waals surface area contributed by atoms with Gasteiger partial charge in [-0.15, -0.1) is 0 Å². The van der Waals surface area contributed by atoms with Crippen molar-refractivity contribution in [3.63, 3.8) is 0 Å². The van der Waals surface area contributed by atoms with Crippen LogP contribution >= 0.6 is 0 Å². The van der Waals surface area contributed by atoms with E-state index >= 15 is 0 Å². The van der Waals surface area contributed by atoms with Crippen molar-refractivity contribution < 1.29 is 32.2 Å². The molecule has 0 rings (SSSR count). The highest BCUT2D eigenvalue weighted by molar-refractivity contribution is 6.64. The van der Waals surface area contributed by atoms with Crippen molar-refractivity contribution in [1.82, 2.24) is 0 Å². The van der Waals surface area contributed by atoms with Crippen molar-refractivity contribution in [2.24, 2.45) is 0 Å². The first-order valence-corrected chi connectivity index (χ1v) is 13.5. The summed E-state index contributed by atoms with van der Waals surface area (Å²) in [4.78, 5) is 0. The Balaban J connectivity index is 6.72. The summed E-state index contributed by atoms with van der Waals surface area (Å²) >= 11 is 0. The van der Waals surface area contributed by atoms with Crippen molar-refractivity contribution in [2.75, 3.05) is 46.8 Å². The van der Waals surface area contributed by atoms with Gasteiger partial charge in [0, 0.05) is 46.8 Å². The predicted molar refractivity (Wildman–Crippen MR) is 121 cm³/mol. The first-order chi connectivity index (χ1) is 14.4. The maximum Gasteiger partial charge on any atom is 0.569 e. The smallest absolute Gasteiger partial charge is 0.370 e. The van der Waals surface area contributed by atoms with Crippen LogP contribution in [0.1, 0.15) is 87.0 Å². The summed E-state index contributed by atoms with van der Waals surface area (Å²) < 4.78 is 44.6. The number of methoxy groups -OCH3 is 1. The maximum absolute atomic E-state index is 6.51. The van der Waals surface area contributed by atoms with E-state index in [1.54, 1.807) is 7.11 Å². The molecule has 7 nitrogen and oxygen atoms in total. The Kier molecular flexibility index (Phi) is 16.5. The van der Waals surface area contributed by atoms with E-state index in [9.17, 15) is 0 Å². The minimum Gasteiger partial charge on any atom is -0.370 e. The van der Waals surface area contributed by atoms with Gasteiger partial charge in [-0.25, -0.2) is 0 Å². The summed E-state index contributed by atoms with van der Waals surface area (Å²) in [7, 11) is -2.01. The van der Waals surface area contributed by atoms with Crippen LogP contribution in [0.4, 0.5) is 0 Å². The molecule has 0 aliphatic carbocycles. The fraction of sp³-hybridized carbons (Fsp3) is 1.00. The molecule has 1 unspecified atom stereocenters. The molecule has 0 N–H and O–H groups in total. The molecule has 0 spiro atoms. The molecule has 0 radical (unpaired) electrons. The molecule has 0 aliphatic heterocycles. The Labute approximate surface area is 186 Å². The van der Waals surface area contributed by atoms with Crippen molar-refractivity contribution in [3.8, 4) is 0 Å². The van der Waals surface area contributed by atoms with Gasteiger partial charge in [-0.05, 0) is 45.4 Å². The van der Waals surface area contributed by atoms with Crippen molar-refractivity contribution in [3.05, 3.63) is 0 Å². The Morgan fingerprint density at radius 1 is 0.533 bits per heavy atom. The third-order valence-electron chi connectivity index (χ3n) is 4.48. The van der Waals surface area contributed by atoms with Crippen LogP contribution in [0.25, 0.3) is 0 Å². The molecule has 0 heterocycles. The third kappa shape index (κ3) is 7.81. The third-order valence-corrected chi connectivity index (χ3v) is 7.78. The van der Waals surface area contributed by atoms with E-state index < -0.39 is 20.0 Å². The van der Waals surface area contributed by atoms with Crippen LogP contribution in [-0.2, 0) is 32.2 Å². The summed E-state index contributed by atoms with van der Waals surface area (Å²) in [5, 5.41) is 0. The molecule has 8 heteroatoms. The van der Waals surface area contributed by atoms with Gasteiger partial charge in [0.05, 0.1) is 0 Å². The second-order valence-corrected chi connectivity index (χ2v) is 10.1. The quantitative estimate of drug-likeness (QED) is 0.178. The largest absolute Gasteiger partial charge is 0.569 e. The van der Waals surface area contributed by atoms with Crippen molar-refractivity contribution in [1.29, 1.82) is 0 Å². The van der Waals surface area contributed by atoms with Gasteiger partial charge >= 0.3 is 8.80 Å². The normalized spacial score (nSPS) is 14.8. The van der Waals surface area contributed by atoms with E-state index in [4.69, 9.17) is 32.2 Å². The molecule has 0 aromatic rings. The van der Waals surface area contributed by atoms with Crippen LogP contribution < -0.4 is 0 Å². The molecular weight excluding hydrogens is 404 g/mol. The molecule has 182 valence electrons. The molecule has 0 aromatic carbocycles. The van der Waals surface area contributed by atoms with Crippen LogP contribution in [0.5, 0.6) is 0 Å². The van der Waals surface area contributed by atoms with E-state index in [-0.39, 0.29) is 0 Å². The standard InChI is InChI=1S/C22H48O7Si/c1-9-15-24-21(7,23-8)22(25-16-10-2,26-17-11-3)30(27-18-12-4,28-19-13-5)29-20-14-6/h9-20H2,1-8H3. The van der Waals surface area contributed by atoms with Gasteiger partial charge in [0.15, 0.2) is 0 Å². The Morgan fingerprint density at radius 2 is 0.867 bits per heavy atom. The second-order valence-electron chi connectivity index (χ2n) is 7.41. The van der Waals surface area contributed by atoms with E-state index in [1.165, 1.54) is 0 Å². The monoisotopic (exact) mass is 452 g/mol. The summed E-state index contributed by atoms with van der Waals surface area (Å²) in [6.45, 7) is 17.0. The number of rotatable bonds is 21. The molecule has 0 saturated heterocycles. The van der Waals surface area contributed by atoms with Gasteiger partial charge in [-0.3, -0.25) is 0 Å². The highest BCUT2D eigenvalue weighted by Crippen LogP contribution is 2.42. The Morgan fingerprint density at radius 3 is 1.17 bits per heavy atom. The fourth-order valence-corrected chi connectivity index (χ4v) is 6.48. The fourth-order valence-electron chi connectivity index (χ4n) is 2.95. The zero-order valence-corrected chi connectivity index (χ0v) is 21.8. The molecule has 0 aromatic heterocycles. The zero-order valence-electron chi connectivity index (χ0n) is 20.8. The van der Waals surface area contributed by atoms with Gasteiger partial charge in [0.1, 0.15) is 0 Å². The van der Waals surface area contributed by atoms with Gasteiger partial charge in [-0.2, -0.15) is 0 Å². The average Bonchev–Trinajstić information content (AvgIpc) is 2.77. The van der Waals surface area contributed by atoms with Gasteiger partial charge in [0.2, 0.25) is 5.79 Å². The van der Waals surface area contributed by atoms with E-state index in [0.717, 1.165) is 38.5 Å². The summed E-state index contributed by atoms with van der Waals surface area (Å²) in [6, 6.07) is 0. The minimum absolute atomic E-state index is 0.438.